The molecule has 0 aromatic carbocycles. The third kappa shape index (κ3) is 3.25. The van der Waals surface area contributed by atoms with Gasteiger partial charge in [0.15, 0.2) is 5.82 Å². The first kappa shape index (κ1) is 14.7. The van der Waals surface area contributed by atoms with Crippen LogP contribution >= 0.6 is 33.9 Å². The second kappa shape index (κ2) is 5.75. The maximum absolute atomic E-state index is 6.04. The van der Waals surface area contributed by atoms with Crippen LogP contribution in [0.25, 0.3) is 11.4 Å². The first-order valence-corrected chi connectivity index (χ1v) is 8.17. The Balaban J connectivity index is 2.53. The van der Waals surface area contributed by atoms with Crippen molar-refractivity contribution in [3.05, 3.63) is 25.1 Å². The van der Waals surface area contributed by atoms with E-state index in [0.717, 1.165) is 27.1 Å². The van der Waals surface area contributed by atoms with Crippen molar-refractivity contribution in [2.24, 2.45) is 5.92 Å². The Kier molecular flexibility index (Phi) is 4.45. The monoisotopic (exact) mass is 387 g/mol. The second-order valence-corrected chi connectivity index (χ2v) is 7.66. The van der Waals surface area contributed by atoms with Crippen molar-refractivity contribution in [3.8, 4) is 11.4 Å². The third-order valence-electron chi connectivity index (χ3n) is 2.83. The van der Waals surface area contributed by atoms with Crippen molar-refractivity contribution in [2.75, 3.05) is 5.73 Å². The van der Waals surface area contributed by atoms with E-state index < -0.39 is 0 Å². The summed E-state index contributed by atoms with van der Waals surface area (Å²) in [5.41, 5.74) is 8.20. The number of nitrogen functional groups attached to an aromatic ring is 1. The molecule has 0 amide bonds. The lowest BCUT2D eigenvalue weighted by atomic mass is 10.1. The predicted octanol–water partition coefficient (Wildman–Crippen LogP) is 4.21. The van der Waals surface area contributed by atoms with E-state index in [1.165, 1.54) is 9.75 Å². The molecule has 2 N–H and O–H groups in total. The molecule has 0 aliphatic rings. The molecule has 0 bridgehead atoms. The summed E-state index contributed by atoms with van der Waals surface area (Å²) in [6.45, 7) is 8.58. The minimum atomic E-state index is 0.556. The van der Waals surface area contributed by atoms with Gasteiger partial charge in [0, 0.05) is 15.3 Å². The molecule has 0 unspecified atom stereocenters. The molecular weight excluding hydrogens is 369 g/mol. The fourth-order valence-electron chi connectivity index (χ4n) is 2.01. The number of nitrogens with two attached hydrogens (primary N) is 1. The molecule has 2 aromatic heterocycles. The third-order valence-corrected chi connectivity index (χ3v) is 4.97. The van der Waals surface area contributed by atoms with Crippen LogP contribution in [0.4, 0.5) is 5.82 Å². The molecule has 0 atom stereocenters. The van der Waals surface area contributed by atoms with Gasteiger partial charge >= 0.3 is 0 Å². The van der Waals surface area contributed by atoms with Crippen molar-refractivity contribution in [2.45, 2.75) is 34.1 Å². The van der Waals surface area contributed by atoms with Gasteiger partial charge in [0.2, 0.25) is 0 Å². The van der Waals surface area contributed by atoms with Crippen molar-refractivity contribution < 1.29 is 0 Å². The Labute approximate surface area is 131 Å². The Morgan fingerprint density at radius 1 is 1.32 bits per heavy atom. The minimum absolute atomic E-state index is 0.556. The summed E-state index contributed by atoms with van der Waals surface area (Å²) in [5.74, 6) is 1.90. The quantitative estimate of drug-likeness (QED) is 0.803. The highest BCUT2D eigenvalue weighted by Gasteiger charge is 2.15. The molecule has 0 fully saturated rings. The first-order valence-electron chi connectivity index (χ1n) is 6.27. The lowest BCUT2D eigenvalue weighted by molar-refractivity contribution is 0.632. The maximum atomic E-state index is 6.04. The molecule has 2 aromatic rings. The summed E-state index contributed by atoms with van der Waals surface area (Å²) in [6.07, 6.45) is 0.931. The normalized spacial score (nSPS) is 11.3. The Bertz CT molecular complexity index is 605. The van der Waals surface area contributed by atoms with Gasteiger partial charge in [0.05, 0.1) is 9.26 Å². The van der Waals surface area contributed by atoms with Crippen molar-refractivity contribution in [1.29, 1.82) is 0 Å². The summed E-state index contributed by atoms with van der Waals surface area (Å²) in [7, 11) is 0. The Morgan fingerprint density at radius 3 is 2.53 bits per heavy atom. The average molecular weight is 387 g/mol. The van der Waals surface area contributed by atoms with Crippen LogP contribution in [0.15, 0.2) is 6.07 Å². The van der Waals surface area contributed by atoms with Gasteiger partial charge in [-0.05, 0) is 54.8 Å². The van der Waals surface area contributed by atoms with Crippen LogP contribution in [0.2, 0.25) is 0 Å². The number of thiophene rings is 1. The molecule has 0 saturated heterocycles. The standard InChI is InChI=1S/C14H18IN3S/c1-7(2)5-11-12(15)13(16)18-14(17-11)10-6-8(3)19-9(10)4/h6-7H,5H2,1-4H3,(H2,16,17,18). The zero-order valence-electron chi connectivity index (χ0n) is 11.6. The number of rotatable bonds is 3. The number of aryl methyl sites for hydroxylation is 2. The summed E-state index contributed by atoms with van der Waals surface area (Å²) in [4.78, 5) is 11.7. The van der Waals surface area contributed by atoms with Crippen molar-refractivity contribution >= 4 is 39.7 Å². The van der Waals surface area contributed by atoms with Gasteiger partial charge in [0.1, 0.15) is 5.82 Å². The van der Waals surface area contributed by atoms with E-state index in [-0.39, 0.29) is 0 Å². The van der Waals surface area contributed by atoms with E-state index in [1.54, 1.807) is 11.3 Å². The molecule has 5 heteroatoms. The first-order chi connectivity index (χ1) is 8.88. The van der Waals surface area contributed by atoms with E-state index in [4.69, 9.17) is 10.7 Å². The van der Waals surface area contributed by atoms with Gasteiger partial charge in [-0.2, -0.15) is 0 Å². The predicted molar refractivity (Wildman–Crippen MR) is 90.5 cm³/mol. The summed E-state index contributed by atoms with van der Waals surface area (Å²) in [5, 5.41) is 0. The molecule has 102 valence electrons. The molecule has 0 spiro atoms. The van der Waals surface area contributed by atoms with Crippen LogP contribution < -0.4 is 5.73 Å². The highest BCUT2D eigenvalue weighted by Crippen LogP contribution is 2.30. The summed E-state index contributed by atoms with van der Waals surface area (Å²) in [6, 6.07) is 2.14. The lowest BCUT2D eigenvalue weighted by Crippen LogP contribution is -2.07. The van der Waals surface area contributed by atoms with E-state index in [1.807, 2.05) is 0 Å². The zero-order valence-corrected chi connectivity index (χ0v) is 14.6. The van der Waals surface area contributed by atoms with Gasteiger partial charge in [-0.1, -0.05) is 13.8 Å². The number of aromatic nitrogens is 2. The smallest absolute Gasteiger partial charge is 0.162 e. The van der Waals surface area contributed by atoms with E-state index >= 15 is 0 Å². The molecule has 2 heterocycles. The SMILES string of the molecule is Cc1cc(-c2nc(N)c(I)c(CC(C)C)n2)c(C)s1. The van der Waals surface area contributed by atoms with E-state index in [9.17, 15) is 0 Å². The molecule has 2 rings (SSSR count). The number of anilines is 1. The Hall–Kier alpha value is -0.690. The van der Waals surface area contributed by atoms with Crippen molar-refractivity contribution in [3.63, 3.8) is 0 Å². The average Bonchev–Trinajstić information content (AvgIpc) is 2.63. The summed E-state index contributed by atoms with van der Waals surface area (Å²) < 4.78 is 0.986. The van der Waals surface area contributed by atoms with Crippen LogP contribution in [0.1, 0.15) is 29.3 Å². The topological polar surface area (TPSA) is 51.8 Å². The summed E-state index contributed by atoms with van der Waals surface area (Å²) >= 11 is 4.01. The van der Waals surface area contributed by atoms with Crippen LogP contribution in [-0.2, 0) is 6.42 Å². The highest BCUT2D eigenvalue weighted by atomic mass is 127. The van der Waals surface area contributed by atoms with Gasteiger partial charge < -0.3 is 5.73 Å². The fraction of sp³-hybridized carbons (Fsp3) is 0.429. The van der Waals surface area contributed by atoms with E-state index in [0.29, 0.717) is 11.7 Å². The zero-order chi connectivity index (χ0) is 14.2. The lowest BCUT2D eigenvalue weighted by Gasteiger charge is -2.10. The molecule has 0 saturated carbocycles. The molecule has 0 radical (unpaired) electrons. The molecule has 3 nitrogen and oxygen atoms in total. The van der Waals surface area contributed by atoms with Crippen LogP contribution in [0.3, 0.4) is 0 Å². The fourth-order valence-corrected chi connectivity index (χ4v) is 3.39. The van der Waals surface area contributed by atoms with E-state index in [2.05, 4.69) is 61.3 Å². The van der Waals surface area contributed by atoms with Crippen LogP contribution in [0.5, 0.6) is 0 Å². The second-order valence-electron chi connectivity index (χ2n) is 5.12. The minimum Gasteiger partial charge on any atom is -0.383 e. The molecular formula is C14H18IN3S. The maximum Gasteiger partial charge on any atom is 0.162 e. The van der Waals surface area contributed by atoms with Gasteiger partial charge in [-0.15, -0.1) is 11.3 Å². The number of hydrogen-bond acceptors (Lipinski definition) is 4. The van der Waals surface area contributed by atoms with Gasteiger partial charge in [-0.25, -0.2) is 9.97 Å². The molecule has 0 aliphatic carbocycles. The van der Waals surface area contributed by atoms with Gasteiger partial charge in [-0.3, -0.25) is 0 Å². The number of hydrogen-bond donors (Lipinski definition) is 1. The highest BCUT2D eigenvalue weighted by molar-refractivity contribution is 14.1. The number of halogens is 1. The largest absolute Gasteiger partial charge is 0.383 e. The Morgan fingerprint density at radius 2 is 2.00 bits per heavy atom. The number of nitrogens with zero attached hydrogens (tertiary/aromatic N) is 2. The van der Waals surface area contributed by atoms with Gasteiger partial charge in [0.25, 0.3) is 0 Å². The molecule has 19 heavy (non-hydrogen) atoms. The van der Waals surface area contributed by atoms with Crippen molar-refractivity contribution in [1.82, 2.24) is 9.97 Å². The van der Waals surface area contributed by atoms with Crippen LogP contribution in [0, 0.1) is 23.3 Å². The molecule has 0 aliphatic heterocycles. The van der Waals surface area contributed by atoms with Crippen LogP contribution in [-0.4, -0.2) is 9.97 Å².